The van der Waals surface area contributed by atoms with Gasteiger partial charge in [0.2, 0.25) is 0 Å². The smallest absolute Gasteiger partial charge is 0.119 e. The van der Waals surface area contributed by atoms with Gasteiger partial charge in [0.1, 0.15) is 5.75 Å². The first kappa shape index (κ1) is 13.9. The molecular formula is C18H27NO. The summed E-state index contributed by atoms with van der Waals surface area (Å²) in [6, 6.07) is 8.87. The molecule has 3 rings (SSSR count). The summed E-state index contributed by atoms with van der Waals surface area (Å²) < 4.78 is 6.00. The largest absolute Gasteiger partial charge is 0.493 e. The highest BCUT2D eigenvalue weighted by Gasteiger charge is 2.39. The lowest BCUT2D eigenvalue weighted by Crippen LogP contribution is -2.18. The number of hydrogen-bond acceptors (Lipinski definition) is 2. The Morgan fingerprint density at radius 2 is 2.00 bits per heavy atom. The van der Waals surface area contributed by atoms with Crippen LogP contribution in [0, 0.1) is 17.8 Å². The molecule has 0 aliphatic heterocycles. The summed E-state index contributed by atoms with van der Waals surface area (Å²) in [5.41, 5.74) is 7.15. The van der Waals surface area contributed by atoms with Crippen LogP contribution in [0.25, 0.3) is 0 Å². The standard InChI is InChI=1S/C18H27NO/c1-13(19)2-3-14-5-8-18(9-6-14)20-12-17-11-15-4-7-16(17)10-15/h5-6,8-9,13,15-17H,2-4,7,10-12,19H2,1H3. The first-order valence-electron chi connectivity index (χ1n) is 8.18. The van der Waals surface area contributed by atoms with E-state index in [9.17, 15) is 0 Å². The van der Waals surface area contributed by atoms with Crippen LogP contribution in [0.5, 0.6) is 5.75 Å². The van der Waals surface area contributed by atoms with Gasteiger partial charge in [-0.05, 0) is 74.5 Å². The maximum Gasteiger partial charge on any atom is 0.119 e. The molecule has 4 unspecified atom stereocenters. The maximum absolute atomic E-state index is 6.00. The predicted octanol–water partition coefficient (Wildman–Crippen LogP) is 3.78. The molecule has 2 aliphatic carbocycles. The third kappa shape index (κ3) is 3.35. The first-order valence-corrected chi connectivity index (χ1v) is 8.18. The van der Waals surface area contributed by atoms with E-state index in [1.165, 1.54) is 31.2 Å². The lowest BCUT2D eigenvalue weighted by molar-refractivity contribution is 0.195. The number of hydrogen-bond donors (Lipinski definition) is 1. The van der Waals surface area contributed by atoms with Crippen LogP contribution in [-0.2, 0) is 6.42 Å². The van der Waals surface area contributed by atoms with Crippen molar-refractivity contribution in [3.8, 4) is 5.75 Å². The summed E-state index contributed by atoms with van der Waals surface area (Å²) in [5.74, 6) is 3.79. The highest BCUT2D eigenvalue weighted by Crippen LogP contribution is 2.48. The van der Waals surface area contributed by atoms with Crippen molar-refractivity contribution in [1.82, 2.24) is 0 Å². The highest BCUT2D eigenvalue weighted by molar-refractivity contribution is 5.27. The Morgan fingerprint density at radius 3 is 2.60 bits per heavy atom. The molecule has 2 heteroatoms. The van der Waals surface area contributed by atoms with Crippen molar-refractivity contribution in [3.63, 3.8) is 0 Å². The van der Waals surface area contributed by atoms with Crippen molar-refractivity contribution in [2.75, 3.05) is 6.61 Å². The molecule has 110 valence electrons. The van der Waals surface area contributed by atoms with E-state index in [-0.39, 0.29) is 6.04 Å². The highest BCUT2D eigenvalue weighted by atomic mass is 16.5. The van der Waals surface area contributed by atoms with Crippen molar-refractivity contribution < 1.29 is 4.74 Å². The van der Waals surface area contributed by atoms with Gasteiger partial charge in [-0.15, -0.1) is 0 Å². The quantitative estimate of drug-likeness (QED) is 0.856. The van der Waals surface area contributed by atoms with Gasteiger partial charge in [0, 0.05) is 6.04 Å². The van der Waals surface area contributed by atoms with Gasteiger partial charge < -0.3 is 10.5 Å². The Kier molecular flexibility index (Phi) is 4.30. The minimum Gasteiger partial charge on any atom is -0.493 e. The van der Waals surface area contributed by atoms with E-state index in [2.05, 4.69) is 31.2 Å². The summed E-state index contributed by atoms with van der Waals surface area (Å²) in [4.78, 5) is 0. The number of nitrogens with two attached hydrogens (primary N) is 1. The van der Waals surface area contributed by atoms with Gasteiger partial charge in [-0.3, -0.25) is 0 Å². The summed E-state index contributed by atoms with van der Waals surface area (Å²) >= 11 is 0. The van der Waals surface area contributed by atoms with Crippen molar-refractivity contribution in [3.05, 3.63) is 29.8 Å². The van der Waals surface area contributed by atoms with Crippen LogP contribution in [0.3, 0.4) is 0 Å². The van der Waals surface area contributed by atoms with E-state index >= 15 is 0 Å². The van der Waals surface area contributed by atoms with Crippen molar-refractivity contribution in [2.24, 2.45) is 23.5 Å². The van der Waals surface area contributed by atoms with E-state index < -0.39 is 0 Å². The van der Waals surface area contributed by atoms with Gasteiger partial charge in [-0.2, -0.15) is 0 Å². The number of fused-ring (bicyclic) bond motifs is 2. The third-order valence-electron chi connectivity index (χ3n) is 5.16. The minimum absolute atomic E-state index is 0.281. The molecule has 1 aromatic rings. The lowest BCUT2D eigenvalue weighted by atomic mass is 9.89. The Morgan fingerprint density at radius 1 is 1.20 bits per heavy atom. The van der Waals surface area contributed by atoms with Gasteiger partial charge in [0.15, 0.2) is 0 Å². The molecule has 2 aliphatic rings. The van der Waals surface area contributed by atoms with Crippen molar-refractivity contribution in [2.45, 2.75) is 51.5 Å². The number of benzene rings is 1. The summed E-state index contributed by atoms with van der Waals surface area (Å²) in [7, 11) is 0. The topological polar surface area (TPSA) is 35.2 Å². The zero-order valence-corrected chi connectivity index (χ0v) is 12.6. The van der Waals surface area contributed by atoms with Crippen molar-refractivity contribution in [1.29, 1.82) is 0 Å². The van der Waals surface area contributed by atoms with Crippen molar-refractivity contribution >= 4 is 0 Å². The average Bonchev–Trinajstić information content (AvgIpc) is 3.06. The molecule has 2 bridgehead atoms. The minimum atomic E-state index is 0.281. The van der Waals surface area contributed by atoms with Crippen LogP contribution >= 0.6 is 0 Å². The fourth-order valence-electron chi connectivity index (χ4n) is 3.93. The Hall–Kier alpha value is -1.02. The van der Waals surface area contributed by atoms with Crippen LogP contribution in [0.4, 0.5) is 0 Å². The second-order valence-electron chi connectivity index (χ2n) is 6.91. The zero-order chi connectivity index (χ0) is 13.9. The van der Waals surface area contributed by atoms with Gasteiger partial charge in [0.05, 0.1) is 6.61 Å². The molecule has 0 heterocycles. The Balaban J connectivity index is 1.46. The molecule has 1 aromatic carbocycles. The van der Waals surface area contributed by atoms with Gasteiger partial charge in [0.25, 0.3) is 0 Å². The molecular weight excluding hydrogens is 246 g/mol. The molecule has 4 atom stereocenters. The molecule has 0 saturated heterocycles. The SMILES string of the molecule is CC(N)CCc1ccc(OCC2CC3CCC2C3)cc1. The van der Waals surface area contributed by atoms with Crippen LogP contribution in [0.15, 0.2) is 24.3 Å². The second kappa shape index (κ2) is 6.17. The molecule has 2 saturated carbocycles. The molecule has 20 heavy (non-hydrogen) atoms. The summed E-state index contributed by atoms with van der Waals surface area (Å²) in [6.45, 7) is 2.98. The van der Waals surface area contributed by atoms with Crippen LogP contribution in [0.2, 0.25) is 0 Å². The first-order chi connectivity index (χ1) is 9.70. The molecule has 0 spiro atoms. The fourth-order valence-corrected chi connectivity index (χ4v) is 3.93. The summed E-state index contributed by atoms with van der Waals surface area (Å²) in [5, 5.41) is 0. The zero-order valence-electron chi connectivity index (χ0n) is 12.6. The molecule has 0 amide bonds. The Labute approximate surface area is 122 Å². The number of ether oxygens (including phenoxy) is 1. The van der Waals surface area contributed by atoms with Gasteiger partial charge in [-0.1, -0.05) is 18.6 Å². The van der Waals surface area contributed by atoms with E-state index in [0.717, 1.165) is 43.0 Å². The number of rotatable bonds is 6. The Bertz CT molecular complexity index is 426. The molecule has 2 N–H and O–H groups in total. The molecule has 2 nitrogen and oxygen atoms in total. The normalized spacial score (nSPS) is 29.6. The van der Waals surface area contributed by atoms with Crippen LogP contribution in [-0.4, -0.2) is 12.6 Å². The summed E-state index contributed by atoms with van der Waals surface area (Å²) in [6.07, 6.45) is 7.88. The van der Waals surface area contributed by atoms with E-state index in [0.29, 0.717) is 0 Å². The second-order valence-corrected chi connectivity index (χ2v) is 6.91. The maximum atomic E-state index is 6.00. The monoisotopic (exact) mass is 273 g/mol. The third-order valence-corrected chi connectivity index (χ3v) is 5.16. The average molecular weight is 273 g/mol. The molecule has 0 radical (unpaired) electrons. The van der Waals surface area contributed by atoms with Gasteiger partial charge >= 0.3 is 0 Å². The fraction of sp³-hybridized carbons (Fsp3) is 0.667. The van der Waals surface area contributed by atoms with Crippen LogP contribution < -0.4 is 10.5 Å². The number of aryl methyl sites for hydroxylation is 1. The molecule has 2 fully saturated rings. The van der Waals surface area contributed by atoms with E-state index in [1.54, 1.807) is 0 Å². The van der Waals surface area contributed by atoms with E-state index in [4.69, 9.17) is 10.5 Å². The predicted molar refractivity (Wildman–Crippen MR) is 82.8 cm³/mol. The molecule has 0 aromatic heterocycles. The van der Waals surface area contributed by atoms with Gasteiger partial charge in [-0.25, -0.2) is 0 Å². The van der Waals surface area contributed by atoms with Crippen LogP contribution in [0.1, 0.15) is 44.6 Å². The lowest BCUT2D eigenvalue weighted by Gasteiger charge is -2.21. The van der Waals surface area contributed by atoms with E-state index in [1.807, 2.05) is 0 Å².